The SMILES string of the molecule is O=C(c1ccccc1)N1C=CSCC1. The molecule has 0 bridgehead atoms. The fraction of sp³-hybridized carbons (Fsp3) is 0.182. The molecule has 1 aromatic rings. The van der Waals surface area contributed by atoms with Gasteiger partial charge in [-0.05, 0) is 17.5 Å². The summed E-state index contributed by atoms with van der Waals surface area (Å²) in [5.74, 6) is 1.07. The van der Waals surface area contributed by atoms with Crippen molar-refractivity contribution in [3.05, 3.63) is 47.5 Å². The van der Waals surface area contributed by atoms with Crippen molar-refractivity contribution in [3.63, 3.8) is 0 Å². The molecule has 0 aromatic heterocycles. The minimum absolute atomic E-state index is 0.0853. The number of thioether (sulfide) groups is 1. The Kier molecular flexibility index (Phi) is 2.89. The van der Waals surface area contributed by atoms with Crippen molar-refractivity contribution < 1.29 is 4.79 Å². The molecule has 1 aromatic carbocycles. The van der Waals surface area contributed by atoms with Gasteiger partial charge in [-0.2, -0.15) is 0 Å². The maximum atomic E-state index is 11.9. The van der Waals surface area contributed by atoms with E-state index in [2.05, 4.69) is 0 Å². The zero-order chi connectivity index (χ0) is 9.80. The molecule has 0 spiro atoms. The topological polar surface area (TPSA) is 20.3 Å². The standard InChI is InChI=1S/C11H11NOS/c13-11(10-4-2-1-3-5-10)12-6-8-14-9-7-12/h1-6,8H,7,9H2. The van der Waals surface area contributed by atoms with Crippen LogP contribution in [0, 0.1) is 0 Å². The van der Waals surface area contributed by atoms with E-state index in [1.54, 1.807) is 16.7 Å². The van der Waals surface area contributed by atoms with Crippen LogP contribution in [0.25, 0.3) is 0 Å². The molecule has 2 nitrogen and oxygen atoms in total. The number of hydrogen-bond donors (Lipinski definition) is 0. The molecular weight excluding hydrogens is 194 g/mol. The van der Waals surface area contributed by atoms with Crippen LogP contribution in [-0.4, -0.2) is 23.1 Å². The number of carbonyl (C=O) groups is 1. The zero-order valence-electron chi connectivity index (χ0n) is 7.72. The van der Waals surface area contributed by atoms with Gasteiger partial charge in [0.2, 0.25) is 0 Å². The van der Waals surface area contributed by atoms with Crippen LogP contribution >= 0.6 is 11.8 Å². The Morgan fingerprint density at radius 2 is 2.07 bits per heavy atom. The third-order valence-electron chi connectivity index (χ3n) is 2.07. The lowest BCUT2D eigenvalue weighted by Crippen LogP contribution is -2.29. The highest BCUT2D eigenvalue weighted by molar-refractivity contribution is 8.02. The quantitative estimate of drug-likeness (QED) is 0.701. The van der Waals surface area contributed by atoms with Gasteiger partial charge in [-0.15, -0.1) is 11.8 Å². The lowest BCUT2D eigenvalue weighted by atomic mass is 10.2. The first-order valence-electron chi connectivity index (χ1n) is 4.52. The van der Waals surface area contributed by atoms with Gasteiger partial charge in [0.15, 0.2) is 0 Å². The van der Waals surface area contributed by atoms with Crippen LogP contribution in [-0.2, 0) is 0 Å². The van der Waals surface area contributed by atoms with Crippen molar-refractivity contribution >= 4 is 17.7 Å². The molecule has 1 amide bonds. The predicted molar refractivity (Wildman–Crippen MR) is 59.1 cm³/mol. The Labute approximate surface area is 87.6 Å². The predicted octanol–water partition coefficient (Wildman–Crippen LogP) is 2.35. The highest BCUT2D eigenvalue weighted by Crippen LogP contribution is 2.13. The van der Waals surface area contributed by atoms with Gasteiger partial charge in [-0.3, -0.25) is 4.79 Å². The molecule has 0 atom stereocenters. The van der Waals surface area contributed by atoms with Crippen LogP contribution in [0.4, 0.5) is 0 Å². The van der Waals surface area contributed by atoms with E-state index in [1.807, 2.05) is 41.9 Å². The van der Waals surface area contributed by atoms with Crippen molar-refractivity contribution in [2.75, 3.05) is 12.3 Å². The lowest BCUT2D eigenvalue weighted by Gasteiger charge is -2.20. The summed E-state index contributed by atoms with van der Waals surface area (Å²) in [7, 11) is 0. The second-order valence-electron chi connectivity index (χ2n) is 3.02. The summed E-state index contributed by atoms with van der Waals surface area (Å²) in [6.45, 7) is 0.800. The first-order chi connectivity index (χ1) is 6.88. The second kappa shape index (κ2) is 4.33. The maximum absolute atomic E-state index is 11.9. The first-order valence-corrected chi connectivity index (χ1v) is 5.57. The molecule has 0 radical (unpaired) electrons. The first kappa shape index (κ1) is 9.34. The lowest BCUT2D eigenvalue weighted by molar-refractivity contribution is 0.0829. The van der Waals surface area contributed by atoms with Gasteiger partial charge in [0.1, 0.15) is 0 Å². The average Bonchev–Trinajstić information content (AvgIpc) is 2.30. The van der Waals surface area contributed by atoms with Gasteiger partial charge < -0.3 is 4.90 Å². The van der Waals surface area contributed by atoms with E-state index in [-0.39, 0.29) is 5.91 Å². The number of carbonyl (C=O) groups excluding carboxylic acids is 1. The molecule has 0 saturated heterocycles. The largest absolute Gasteiger partial charge is 0.314 e. The summed E-state index contributed by atoms with van der Waals surface area (Å²) < 4.78 is 0. The Morgan fingerprint density at radius 1 is 1.29 bits per heavy atom. The van der Waals surface area contributed by atoms with Gasteiger partial charge >= 0.3 is 0 Å². The molecule has 14 heavy (non-hydrogen) atoms. The number of rotatable bonds is 1. The van der Waals surface area contributed by atoms with E-state index >= 15 is 0 Å². The molecule has 0 saturated carbocycles. The summed E-state index contributed by atoms with van der Waals surface area (Å²) >= 11 is 1.74. The van der Waals surface area contributed by atoms with Crippen molar-refractivity contribution in [1.82, 2.24) is 4.90 Å². The number of nitrogens with zero attached hydrogens (tertiary/aromatic N) is 1. The Hall–Kier alpha value is -1.22. The van der Waals surface area contributed by atoms with Crippen molar-refractivity contribution in [3.8, 4) is 0 Å². The fourth-order valence-electron chi connectivity index (χ4n) is 1.33. The summed E-state index contributed by atoms with van der Waals surface area (Å²) in [5, 5.41) is 1.96. The molecule has 3 heteroatoms. The molecule has 0 aliphatic carbocycles. The van der Waals surface area contributed by atoms with Crippen LogP contribution in [0.5, 0.6) is 0 Å². The third-order valence-corrected chi connectivity index (χ3v) is 2.80. The van der Waals surface area contributed by atoms with Crippen LogP contribution in [0.3, 0.4) is 0 Å². The summed E-state index contributed by atoms with van der Waals surface area (Å²) in [5.41, 5.74) is 0.754. The molecule has 1 aliphatic heterocycles. The highest BCUT2D eigenvalue weighted by Gasteiger charge is 2.14. The van der Waals surface area contributed by atoms with Crippen LogP contribution in [0.1, 0.15) is 10.4 Å². The maximum Gasteiger partial charge on any atom is 0.257 e. The van der Waals surface area contributed by atoms with Gasteiger partial charge in [0.25, 0.3) is 5.91 Å². The average molecular weight is 205 g/mol. The van der Waals surface area contributed by atoms with Gasteiger partial charge in [0, 0.05) is 24.1 Å². The normalized spacial score (nSPS) is 15.6. The number of hydrogen-bond acceptors (Lipinski definition) is 2. The van der Waals surface area contributed by atoms with Gasteiger partial charge in [-0.1, -0.05) is 18.2 Å². The molecular formula is C11H11NOS. The molecule has 1 heterocycles. The van der Waals surface area contributed by atoms with Crippen LogP contribution in [0.15, 0.2) is 41.9 Å². The van der Waals surface area contributed by atoms with E-state index in [4.69, 9.17) is 0 Å². The minimum Gasteiger partial charge on any atom is -0.314 e. The third kappa shape index (κ3) is 1.99. The number of benzene rings is 1. The van der Waals surface area contributed by atoms with Crippen LogP contribution in [0.2, 0.25) is 0 Å². The van der Waals surface area contributed by atoms with E-state index in [9.17, 15) is 4.79 Å². The molecule has 1 aliphatic rings. The second-order valence-corrected chi connectivity index (χ2v) is 4.03. The smallest absolute Gasteiger partial charge is 0.257 e. The van der Waals surface area contributed by atoms with E-state index in [0.717, 1.165) is 17.9 Å². The highest BCUT2D eigenvalue weighted by atomic mass is 32.2. The van der Waals surface area contributed by atoms with Crippen LogP contribution < -0.4 is 0 Å². The van der Waals surface area contributed by atoms with Crippen molar-refractivity contribution in [2.45, 2.75) is 0 Å². The zero-order valence-corrected chi connectivity index (χ0v) is 8.54. The van der Waals surface area contributed by atoms with Gasteiger partial charge in [-0.25, -0.2) is 0 Å². The van der Waals surface area contributed by atoms with E-state index in [1.165, 1.54) is 0 Å². The number of amides is 1. The summed E-state index contributed by atoms with van der Waals surface area (Å²) in [6.07, 6.45) is 1.85. The van der Waals surface area contributed by atoms with E-state index in [0.29, 0.717) is 0 Å². The Bertz CT molecular complexity index is 348. The molecule has 0 N–H and O–H groups in total. The van der Waals surface area contributed by atoms with Crippen molar-refractivity contribution in [2.24, 2.45) is 0 Å². The Balaban J connectivity index is 2.16. The molecule has 0 unspecified atom stereocenters. The fourth-order valence-corrected chi connectivity index (χ4v) is 2.00. The molecule has 0 fully saturated rings. The Morgan fingerprint density at radius 3 is 2.71 bits per heavy atom. The molecule has 72 valence electrons. The summed E-state index contributed by atoms with van der Waals surface area (Å²) in [6, 6.07) is 9.37. The summed E-state index contributed by atoms with van der Waals surface area (Å²) in [4.78, 5) is 13.6. The van der Waals surface area contributed by atoms with Gasteiger partial charge in [0.05, 0.1) is 0 Å². The van der Waals surface area contributed by atoms with E-state index < -0.39 is 0 Å². The minimum atomic E-state index is 0.0853. The van der Waals surface area contributed by atoms with Crippen molar-refractivity contribution in [1.29, 1.82) is 0 Å². The molecule has 2 rings (SSSR count). The monoisotopic (exact) mass is 205 g/mol.